The largest absolute Gasteiger partial charge is 0.360 e. The summed E-state index contributed by atoms with van der Waals surface area (Å²) in [7, 11) is 0. The first-order valence-electron chi connectivity index (χ1n) is 6.89. The van der Waals surface area contributed by atoms with Gasteiger partial charge in [0.05, 0.1) is 4.92 Å². The molecule has 10 heteroatoms. The van der Waals surface area contributed by atoms with Crippen molar-refractivity contribution in [2.75, 3.05) is 5.32 Å². The van der Waals surface area contributed by atoms with Gasteiger partial charge in [-0.15, -0.1) is 0 Å². The van der Waals surface area contributed by atoms with Crippen molar-refractivity contribution in [2.45, 2.75) is 13.5 Å². The molecule has 0 bridgehead atoms. The number of non-ortho nitro benzene ring substituents is 1. The minimum absolute atomic E-state index is 0.0528. The summed E-state index contributed by atoms with van der Waals surface area (Å²) in [4.78, 5) is 26.3. The Kier molecular flexibility index (Phi) is 4.01. The van der Waals surface area contributed by atoms with Gasteiger partial charge in [-0.25, -0.2) is 9.67 Å². The number of hydrogen-bond acceptors (Lipinski definition) is 7. The zero-order valence-electron chi connectivity index (χ0n) is 12.5. The normalized spacial score (nSPS) is 10.5. The average Bonchev–Trinajstić information content (AvgIpc) is 3.16. The fourth-order valence-electron chi connectivity index (χ4n) is 2.02. The Hall–Kier alpha value is -3.56. The van der Waals surface area contributed by atoms with Gasteiger partial charge in [-0.05, 0) is 6.92 Å². The van der Waals surface area contributed by atoms with Crippen LogP contribution in [-0.2, 0) is 11.3 Å². The van der Waals surface area contributed by atoms with E-state index in [4.69, 9.17) is 4.52 Å². The van der Waals surface area contributed by atoms with E-state index in [0.29, 0.717) is 23.0 Å². The Bertz CT molecular complexity index is 900. The van der Waals surface area contributed by atoms with Crippen LogP contribution in [0.1, 0.15) is 5.76 Å². The predicted molar refractivity (Wildman–Crippen MR) is 82.0 cm³/mol. The molecule has 0 radical (unpaired) electrons. The van der Waals surface area contributed by atoms with Crippen LogP contribution in [0.5, 0.6) is 0 Å². The van der Waals surface area contributed by atoms with E-state index in [-0.39, 0.29) is 18.1 Å². The van der Waals surface area contributed by atoms with E-state index in [2.05, 4.69) is 20.6 Å². The molecule has 0 saturated heterocycles. The zero-order valence-corrected chi connectivity index (χ0v) is 12.5. The molecule has 2 aromatic heterocycles. The SMILES string of the molecule is Cc1cc(NC(=O)Cn2cnc(-c3cccc([N+](=O)[O-])c3)n2)no1. The maximum atomic E-state index is 11.9. The average molecular weight is 328 g/mol. The molecular formula is C14H12N6O4. The predicted octanol–water partition coefficient (Wildman–Crippen LogP) is 1.79. The van der Waals surface area contributed by atoms with Gasteiger partial charge in [0.25, 0.3) is 5.69 Å². The summed E-state index contributed by atoms with van der Waals surface area (Å²) in [5, 5.41) is 21.2. The molecule has 1 aromatic carbocycles. The Balaban J connectivity index is 1.70. The maximum absolute atomic E-state index is 11.9. The van der Waals surface area contributed by atoms with E-state index in [1.807, 2.05) is 0 Å². The minimum Gasteiger partial charge on any atom is -0.360 e. The third-order valence-electron chi connectivity index (χ3n) is 3.05. The Morgan fingerprint density at radius 1 is 1.42 bits per heavy atom. The fourth-order valence-corrected chi connectivity index (χ4v) is 2.02. The standard InChI is InChI=1S/C14H12N6O4/c1-9-5-12(18-24-9)16-13(21)7-19-8-15-14(17-19)10-3-2-4-11(6-10)20(22)23/h2-6,8H,7H2,1H3,(H,16,18,21). The van der Waals surface area contributed by atoms with E-state index in [0.717, 1.165) is 0 Å². The van der Waals surface area contributed by atoms with Crippen LogP contribution in [0.4, 0.5) is 11.5 Å². The number of anilines is 1. The molecule has 24 heavy (non-hydrogen) atoms. The van der Waals surface area contributed by atoms with Crippen LogP contribution in [0.3, 0.4) is 0 Å². The quantitative estimate of drug-likeness (QED) is 0.558. The van der Waals surface area contributed by atoms with Gasteiger partial charge in [0.15, 0.2) is 11.6 Å². The first-order valence-corrected chi connectivity index (χ1v) is 6.89. The third-order valence-corrected chi connectivity index (χ3v) is 3.05. The summed E-state index contributed by atoms with van der Waals surface area (Å²) in [5.41, 5.74) is 0.443. The summed E-state index contributed by atoms with van der Waals surface area (Å²) < 4.78 is 6.18. The topological polar surface area (TPSA) is 129 Å². The van der Waals surface area contributed by atoms with Crippen LogP contribution in [0.2, 0.25) is 0 Å². The van der Waals surface area contributed by atoms with Gasteiger partial charge in [-0.1, -0.05) is 17.3 Å². The summed E-state index contributed by atoms with van der Waals surface area (Å²) >= 11 is 0. The number of hydrogen-bond donors (Lipinski definition) is 1. The first kappa shape index (κ1) is 15.3. The molecule has 0 aliphatic carbocycles. The van der Waals surface area contributed by atoms with Gasteiger partial charge in [0.2, 0.25) is 5.91 Å². The number of nitro groups is 1. The molecule has 3 aromatic rings. The van der Waals surface area contributed by atoms with Crippen molar-refractivity contribution >= 4 is 17.4 Å². The molecule has 0 atom stereocenters. The second-order valence-corrected chi connectivity index (χ2v) is 4.94. The molecule has 122 valence electrons. The lowest BCUT2D eigenvalue weighted by atomic mass is 10.2. The van der Waals surface area contributed by atoms with Crippen LogP contribution in [-0.4, -0.2) is 30.8 Å². The van der Waals surface area contributed by atoms with E-state index in [1.54, 1.807) is 25.1 Å². The number of rotatable bonds is 5. The molecule has 0 fully saturated rings. The number of aromatic nitrogens is 4. The van der Waals surface area contributed by atoms with Crippen LogP contribution in [0.15, 0.2) is 41.2 Å². The summed E-state index contributed by atoms with van der Waals surface area (Å²) in [6.45, 7) is 1.64. The van der Waals surface area contributed by atoms with Crippen molar-refractivity contribution in [1.82, 2.24) is 19.9 Å². The van der Waals surface area contributed by atoms with Crippen LogP contribution in [0, 0.1) is 17.0 Å². The van der Waals surface area contributed by atoms with Crippen molar-refractivity contribution < 1.29 is 14.2 Å². The Morgan fingerprint density at radius 2 is 2.25 bits per heavy atom. The molecule has 2 heterocycles. The van der Waals surface area contributed by atoms with E-state index in [9.17, 15) is 14.9 Å². The molecule has 3 rings (SSSR count). The second-order valence-electron chi connectivity index (χ2n) is 4.94. The van der Waals surface area contributed by atoms with Crippen molar-refractivity contribution in [3.63, 3.8) is 0 Å². The molecule has 0 aliphatic rings. The molecule has 0 aliphatic heterocycles. The highest BCUT2D eigenvalue weighted by atomic mass is 16.6. The number of nitrogens with zero attached hydrogens (tertiary/aromatic N) is 5. The van der Waals surface area contributed by atoms with E-state index in [1.165, 1.54) is 23.1 Å². The number of amides is 1. The number of aryl methyl sites for hydroxylation is 1. The highest BCUT2D eigenvalue weighted by Crippen LogP contribution is 2.20. The summed E-state index contributed by atoms with van der Waals surface area (Å²) in [6, 6.07) is 7.55. The number of nitro benzene ring substituents is 1. The minimum atomic E-state index is -0.492. The zero-order chi connectivity index (χ0) is 17.1. The van der Waals surface area contributed by atoms with Crippen LogP contribution < -0.4 is 5.32 Å². The van der Waals surface area contributed by atoms with Gasteiger partial charge in [-0.3, -0.25) is 14.9 Å². The number of carbonyl (C=O) groups excluding carboxylic acids is 1. The van der Waals surface area contributed by atoms with Gasteiger partial charge in [0.1, 0.15) is 18.6 Å². The molecule has 0 spiro atoms. The Morgan fingerprint density at radius 3 is 2.96 bits per heavy atom. The van der Waals surface area contributed by atoms with Crippen LogP contribution >= 0.6 is 0 Å². The van der Waals surface area contributed by atoms with Gasteiger partial charge in [-0.2, -0.15) is 5.10 Å². The van der Waals surface area contributed by atoms with Crippen LogP contribution in [0.25, 0.3) is 11.4 Å². The third kappa shape index (κ3) is 3.43. The molecule has 1 amide bonds. The molecule has 0 unspecified atom stereocenters. The number of benzene rings is 1. The van der Waals surface area contributed by atoms with E-state index < -0.39 is 4.92 Å². The molecule has 0 saturated carbocycles. The monoisotopic (exact) mass is 328 g/mol. The van der Waals surface area contributed by atoms with E-state index >= 15 is 0 Å². The van der Waals surface area contributed by atoms with Gasteiger partial charge >= 0.3 is 0 Å². The lowest BCUT2D eigenvalue weighted by Gasteiger charge is -2.00. The molecular weight excluding hydrogens is 316 g/mol. The highest BCUT2D eigenvalue weighted by molar-refractivity contribution is 5.89. The maximum Gasteiger partial charge on any atom is 0.270 e. The number of carbonyl (C=O) groups is 1. The van der Waals surface area contributed by atoms with Gasteiger partial charge in [0, 0.05) is 23.8 Å². The molecule has 10 nitrogen and oxygen atoms in total. The smallest absolute Gasteiger partial charge is 0.270 e. The summed E-state index contributed by atoms with van der Waals surface area (Å²) in [6.07, 6.45) is 1.38. The Labute approximate surface area is 135 Å². The van der Waals surface area contributed by atoms with Crippen molar-refractivity contribution in [2.24, 2.45) is 0 Å². The van der Waals surface area contributed by atoms with Gasteiger partial charge < -0.3 is 9.84 Å². The summed E-state index contributed by atoms with van der Waals surface area (Å²) in [5.74, 6) is 0.845. The molecule has 1 N–H and O–H groups in total. The lowest BCUT2D eigenvalue weighted by molar-refractivity contribution is -0.384. The highest BCUT2D eigenvalue weighted by Gasteiger charge is 2.12. The fraction of sp³-hybridized carbons (Fsp3) is 0.143. The number of nitrogens with one attached hydrogen (secondary N) is 1. The van der Waals surface area contributed by atoms with Crippen molar-refractivity contribution in [1.29, 1.82) is 0 Å². The first-order chi connectivity index (χ1) is 11.5. The van der Waals surface area contributed by atoms with Crippen molar-refractivity contribution in [3.8, 4) is 11.4 Å². The lowest BCUT2D eigenvalue weighted by Crippen LogP contribution is -2.19. The van der Waals surface area contributed by atoms with Crippen molar-refractivity contribution in [3.05, 3.63) is 52.5 Å². The second kappa shape index (κ2) is 6.28.